The maximum atomic E-state index is 13.6. The zero-order valence-electron chi connectivity index (χ0n) is 11.1. The number of guanidine groups is 1. The first-order valence-electron chi connectivity index (χ1n) is 6.60. The van der Waals surface area contributed by atoms with Crippen molar-refractivity contribution in [1.29, 1.82) is 0 Å². The summed E-state index contributed by atoms with van der Waals surface area (Å²) in [6.45, 7) is 2.81. The Balaban J connectivity index is 1.86. The Kier molecular flexibility index (Phi) is 5.19. The van der Waals surface area contributed by atoms with Crippen molar-refractivity contribution in [2.75, 3.05) is 26.7 Å². The van der Waals surface area contributed by atoms with Crippen LogP contribution < -0.4 is 5.32 Å². The van der Waals surface area contributed by atoms with Gasteiger partial charge in [-0.2, -0.15) is 0 Å². The fourth-order valence-electron chi connectivity index (χ4n) is 2.31. The minimum absolute atomic E-state index is 0.152. The molecule has 0 bridgehead atoms. The van der Waals surface area contributed by atoms with Gasteiger partial charge in [-0.3, -0.25) is 4.99 Å². The Bertz CT molecular complexity index is 456. The van der Waals surface area contributed by atoms with Gasteiger partial charge in [-0.1, -0.05) is 15.9 Å². The van der Waals surface area contributed by atoms with Crippen LogP contribution in [-0.4, -0.2) is 37.5 Å². The maximum absolute atomic E-state index is 13.6. The fourth-order valence-corrected chi connectivity index (χ4v) is 2.71. The first-order valence-corrected chi connectivity index (χ1v) is 7.39. The average Bonchev–Trinajstić information content (AvgIpc) is 2.92. The van der Waals surface area contributed by atoms with Gasteiger partial charge in [-0.05, 0) is 43.0 Å². The van der Waals surface area contributed by atoms with Crippen molar-refractivity contribution in [3.05, 3.63) is 34.1 Å². The summed E-state index contributed by atoms with van der Waals surface area (Å²) in [7, 11) is 1.79. The molecule has 1 aromatic carbocycles. The van der Waals surface area contributed by atoms with Crippen LogP contribution in [0.15, 0.2) is 27.7 Å². The summed E-state index contributed by atoms with van der Waals surface area (Å²) in [6, 6.07) is 5.04. The molecule has 19 heavy (non-hydrogen) atoms. The van der Waals surface area contributed by atoms with E-state index in [-0.39, 0.29) is 5.82 Å². The van der Waals surface area contributed by atoms with Crippen LogP contribution in [0.3, 0.4) is 0 Å². The fraction of sp³-hybridized carbons (Fsp3) is 0.500. The third-order valence-electron chi connectivity index (χ3n) is 3.30. The number of likely N-dealkylation sites (tertiary alicyclic amines) is 1. The summed E-state index contributed by atoms with van der Waals surface area (Å²) in [5.41, 5.74) is 0.721. The molecule has 0 amide bonds. The summed E-state index contributed by atoms with van der Waals surface area (Å²) >= 11 is 3.37. The molecule has 1 N–H and O–H groups in total. The molecule has 0 unspecified atom stereocenters. The number of aliphatic imine (C=N–C) groups is 1. The smallest absolute Gasteiger partial charge is 0.193 e. The second-order valence-electron chi connectivity index (χ2n) is 4.65. The lowest BCUT2D eigenvalue weighted by molar-refractivity contribution is 0.493. The van der Waals surface area contributed by atoms with E-state index >= 15 is 0 Å². The summed E-state index contributed by atoms with van der Waals surface area (Å²) < 4.78 is 14.5. The zero-order valence-corrected chi connectivity index (χ0v) is 12.7. The molecule has 1 fully saturated rings. The summed E-state index contributed by atoms with van der Waals surface area (Å²) in [6.07, 6.45) is 3.10. The van der Waals surface area contributed by atoms with E-state index in [9.17, 15) is 4.39 Å². The standard InChI is InChI=1S/C14H19BrFN3/c1-17-14(19-8-2-3-9-19)18-7-6-11-10-12(15)4-5-13(11)16/h4-5,10H,2-3,6-9H2,1H3,(H,17,18). The van der Waals surface area contributed by atoms with Crippen molar-refractivity contribution in [2.24, 2.45) is 4.99 Å². The lowest BCUT2D eigenvalue weighted by Gasteiger charge is -2.20. The molecule has 0 radical (unpaired) electrons. The highest BCUT2D eigenvalue weighted by molar-refractivity contribution is 9.10. The van der Waals surface area contributed by atoms with Crippen molar-refractivity contribution in [3.8, 4) is 0 Å². The lowest BCUT2D eigenvalue weighted by atomic mass is 10.1. The van der Waals surface area contributed by atoms with E-state index in [1.807, 2.05) is 6.07 Å². The van der Waals surface area contributed by atoms with Crippen LogP contribution in [0.4, 0.5) is 4.39 Å². The average molecular weight is 328 g/mol. The van der Waals surface area contributed by atoms with E-state index in [0.717, 1.165) is 29.1 Å². The number of benzene rings is 1. The molecule has 1 heterocycles. The summed E-state index contributed by atoms with van der Waals surface area (Å²) in [5, 5.41) is 3.30. The molecule has 1 aliphatic heterocycles. The third kappa shape index (κ3) is 3.93. The Hall–Kier alpha value is -1.10. The van der Waals surface area contributed by atoms with E-state index in [1.54, 1.807) is 13.1 Å². The summed E-state index contributed by atoms with van der Waals surface area (Å²) in [4.78, 5) is 6.52. The van der Waals surface area contributed by atoms with Crippen LogP contribution in [0.25, 0.3) is 0 Å². The van der Waals surface area contributed by atoms with E-state index in [2.05, 4.69) is 31.1 Å². The number of nitrogens with one attached hydrogen (secondary N) is 1. The van der Waals surface area contributed by atoms with Gasteiger partial charge in [0.25, 0.3) is 0 Å². The normalized spacial score (nSPS) is 15.9. The first kappa shape index (κ1) is 14.3. The van der Waals surface area contributed by atoms with Crippen molar-refractivity contribution >= 4 is 21.9 Å². The van der Waals surface area contributed by atoms with Gasteiger partial charge in [0.05, 0.1) is 0 Å². The highest BCUT2D eigenvalue weighted by Gasteiger charge is 2.15. The molecule has 5 heteroatoms. The molecule has 0 saturated carbocycles. The third-order valence-corrected chi connectivity index (χ3v) is 3.80. The number of halogens is 2. The highest BCUT2D eigenvalue weighted by Crippen LogP contribution is 2.15. The second kappa shape index (κ2) is 6.89. The Morgan fingerprint density at radius 1 is 1.42 bits per heavy atom. The molecule has 0 atom stereocenters. The minimum Gasteiger partial charge on any atom is -0.356 e. The molecular weight excluding hydrogens is 309 g/mol. The van der Waals surface area contributed by atoms with Gasteiger partial charge in [0.15, 0.2) is 5.96 Å². The van der Waals surface area contributed by atoms with Crippen LogP contribution in [0.5, 0.6) is 0 Å². The van der Waals surface area contributed by atoms with E-state index in [4.69, 9.17) is 0 Å². The predicted molar refractivity (Wildman–Crippen MR) is 80.0 cm³/mol. The molecule has 3 nitrogen and oxygen atoms in total. The van der Waals surface area contributed by atoms with Crippen LogP contribution >= 0.6 is 15.9 Å². The number of hydrogen-bond acceptors (Lipinski definition) is 1. The molecule has 1 saturated heterocycles. The van der Waals surface area contributed by atoms with Gasteiger partial charge in [-0.25, -0.2) is 4.39 Å². The number of nitrogens with zero attached hydrogens (tertiary/aromatic N) is 2. The topological polar surface area (TPSA) is 27.6 Å². The van der Waals surface area contributed by atoms with Gasteiger partial charge in [0.1, 0.15) is 5.82 Å². The Morgan fingerprint density at radius 2 is 2.16 bits per heavy atom. The largest absolute Gasteiger partial charge is 0.356 e. The van der Waals surface area contributed by atoms with Gasteiger partial charge in [0.2, 0.25) is 0 Å². The molecular formula is C14H19BrFN3. The van der Waals surface area contributed by atoms with Gasteiger partial charge in [-0.15, -0.1) is 0 Å². The number of rotatable bonds is 3. The molecule has 0 aromatic heterocycles. The molecule has 2 rings (SSSR count). The van der Waals surface area contributed by atoms with Gasteiger partial charge < -0.3 is 10.2 Å². The minimum atomic E-state index is -0.152. The quantitative estimate of drug-likeness (QED) is 0.683. The summed E-state index contributed by atoms with van der Waals surface area (Å²) in [5.74, 6) is 0.772. The monoisotopic (exact) mass is 327 g/mol. The van der Waals surface area contributed by atoms with Crippen molar-refractivity contribution < 1.29 is 4.39 Å². The van der Waals surface area contributed by atoms with Gasteiger partial charge in [0, 0.05) is 31.2 Å². The van der Waals surface area contributed by atoms with Crippen LogP contribution in [0.1, 0.15) is 18.4 Å². The van der Waals surface area contributed by atoms with Crippen molar-refractivity contribution in [3.63, 3.8) is 0 Å². The van der Waals surface area contributed by atoms with E-state index < -0.39 is 0 Å². The first-order chi connectivity index (χ1) is 9.20. The maximum Gasteiger partial charge on any atom is 0.193 e. The predicted octanol–water partition coefficient (Wildman–Crippen LogP) is 2.80. The lowest BCUT2D eigenvalue weighted by Crippen LogP contribution is -2.40. The van der Waals surface area contributed by atoms with E-state index in [1.165, 1.54) is 18.9 Å². The van der Waals surface area contributed by atoms with E-state index in [0.29, 0.717) is 13.0 Å². The molecule has 1 aliphatic rings. The SMILES string of the molecule is CN=C(NCCc1cc(Br)ccc1F)N1CCCC1. The Labute approximate surface area is 122 Å². The zero-order chi connectivity index (χ0) is 13.7. The second-order valence-corrected chi connectivity index (χ2v) is 5.57. The molecule has 1 aromatic rings. The van der Waals surface area contributed by atoms with Gasteiger partial charge >= 0.3 is 0 Å². The molecule has 0 aliphatic carbocycles. The Morgan fingerprint density at radius 3 is 2.84 bits per heavy atom. The molecule has 104 valence electrons. The van der Waals surface area contributed by atoms with Crippen molar-refractivity contribution in [1.82, 2.24) is 10.2 Å². The van der Waals surface area contributed by atoms with Crippen LogP contribution in [-0.2, 0) is 6.42 Å². The molecule has 0 spiro atoms. The van der Waals surface area contributed by atoms with Crippen molar-refractivity contribution in [2.45, 2.75) is 19.3 Å². The van der Waals surface area contributed by atoms with Crippen LogP contribution in [0.2, 0.25) is 0 Å². The van der Waals surface area contributed by atoms with Crippen LogP contribution in [0, 0.1) is 5.82 Å². The highest BCUT2D eigenvalue weighted by atomic mass is 79.9. The number of hydrogen-bond donors (Lipinski definition) is 1.